The first kappa shape index (κ1) is 18.3. The molecule has 0 rings (SSSR count). The van der Waals surface area contributed by atoms with Crippen molar-refractivity contribution in [2.45, 2.75) is 53.0 Å². The minimum absolute atomic E-state index is 0.408. The van der Waals surface area contributed by atoms with E-state index in [1.54, 1.807) is 0 Å². The Kier molecular flexibility index (Phi) is 10.3. The van der Waals surface area contributed by atoms with Crippen LogP contribution in [0.1, 0.15) is 47.0 Å². The van der Waals surface area contributed by atoms with Crippen LogP contribution in [0.3, 0.4) is 0 Å². The molecule has 3 heteroatoms. The van der Waals surface area contributed by atoms with E-state index in [-0.39, 0.29) is 0 Å². The Bertz CT molecular complexity index is 199. The fourth-order valence-electron chi connectivity index (χ4n) is 2.52. The van der Waals surface area contributed by atoms with Gasteiger partial charge in [-0.3, -0.25) is 0 Å². The molecule has 2 atom stereocenters. The predicted molar refractivity (Wildman–Crippen MR) is 86.6 cm³/mol. The molecule has 0 radical (unpaired) electrons. The second kappa shape index (κ2) is 10.1. The van der Waals surface area contributed by atoms with Crippen LogP contribution in [-0.2, 0) is 0 Å². The molecular weight excluding hydrogens is 240 g/mol. The molecule has 18 heavy (non-hydrogen) atoms. The fourth-order valence-corrected chi connectivity index (χ4v) is 3.26. The zero-order valence-corrected chi connectivity index (χ0v) is 14.2. The van der Waals surface area contributed by atoms with Gasteiger partial charge in [0.1, 0.15) is 0 Å². The van der Waals surface area contributed by atoms with Crippen LogP contribution < -0.4 is 5.32 Å². The monoisotopic (exact) mass is 274 g/mol. The molecule has 0 fully saturated rings. The van der Waals surface area contributed by atoms with Crippen molar-refractivity contribution in [3.63, 3.8) is 0 Å². The maximum absolute atomic E-state index is 3.60. The maximum atomic E-state index is 3.60. The summed E-state index contributed by atoms with van der Waals surface area (Å²) in [4.78, 5) is 2.53. The lowest BCUT2D eigenvalue weighted by Gasteiger charge is -2.36. The molecule has 0 saturated heterocycles. The van der Waals surface area contributed by atoms with Gasteiger partial charge in [0.25, 0.3) is 0 Å². The lowest BCUT2D eigenvalue weighted by atomic mass is 9.84. The van der Waals surface area contributed by atoms with Gasteiger partial charge in [-0.2, -0.15) is 11.8 Å². The fraction of sp³-hybridized carbons (Fsp3) is 1.00. The topological polar surface area (TPSA) is 15.3 Å². The van der Waals surface area contributed by atoms with Gasteiger partial charge in [-0.05, 0) is 45.0 Å². The van der Waals surface area contributed by atoms with Gasteiger partial charge in [-0.15, -0.1) is 0 Å². The summed E-state index contributed by atoms with van der Waals surface area (Å²) in [5.41, 5.74) is 0.408. The van der Waals surface area contributed by atoms with Crippen LogP contribution in [0.2, 0.25) is 0 Å². The van der Waals surface area contributed by atoms with Gasteiger partial charge >= 0.3 is 0 Å². The van der Waals surface area contributed by atoms with E-state index in [0.29, 0.717) is 11.5 Å². The van der Waals surface area contributed by atoms with Crippen molar-refractivity contribution in [1.29, 1.82) is 0 Å². The standard InChI is InChI=1S/C15H34N2S/c1-7-9-15(4,12-16-10-8-2)13-17(5)14(3)11-18-6/h14,16H,7-13H2,1-6H3. The Morgan fingerprint density at radius 3 is 2.44 bits per heavy atom. The average molecular weight is 275 g/mol. The summed E-state index contributed by atoms with van der Waals surface area (Å²) in [5, 5.41) is 3.60. The number of hydrogen-bond acceptors (Lipinski definition) is 3. The molecule has 0 aromatic rings. The molecule has 110 valence electrons. The van der Waals surface area contributed by atoms with Crippen molar-refractivity contribution in [3.05, 3.63) is 0 Å². The molecule has 0 bridgehead atoms. The molecule has 0 amide bonds. The second-order valence-corrected chi connectivity index (χ2v) is 6.87. The Balaban J connectivity index is 4.29. The highest BCUT2D eigenvalue weighted by atomic mass is 32.2. The zero-order chi connectivity index (χ0) is 14.0. The molecule has 2 unspecified atom stereocenters. The molecule has 0 spiro atoms. The first-order chi connectivity index (χ1) is 8.49. The van der Waals surface area contributed by atoms with Crippen LogP contribution in [0.5, 0.6) is 0 Å². The first-order valence-electron chi connectivity index (χ1n) is 7.39. The van der Waals surface area contributed by atoms with Gasteiger partial charge in [0.05, 0.1) is 0 Å². The van der Waals surface area contributed by atoms with Crippen molar-refractivity contribution in [2.24, 2.45) is 5.41 Å². The van der Waals surface area contributed by atoms with Crippen LogP contribution in [0.25, 0.3) is 0 Å². The van der Waals surface area contributed by atoms with Crippen LogP contribution in [-0.4, -0.2) is 49.6 Å². The average Bonchev–Trinajstić information content (AvgIpc) is 2.29. The SMILES string of the molecule is CCCNCC(C)(CCC)CN(C)C(C)CSC. The van der Waals surface area contributed by atoms with Crippen molar-refractivity contribution in [2.75, 3.05) is 38.7 Å². The molecular formula is C15H34N2S. The molecule has 0 aliphatic heterocycles. The van der Waals surface area contributed by atoms with Crippen LogP contribution in [0, 0.1) is 5.41 Å². The van der Waals surface area contributed by atoms with E-state index in [0.717, 1.165) is 13.1 Å². The summed E-state index contributed by atoms with van der Waals surface area (Å²) in [6.07, 6.45) is 5.99. The van der Waals surface area contributed by atoms with E-state index in [4.69, 9.17) is 0 Å². The summed E-state index contributed by atoms with van der Waals surface area (Å²) in [6.45, 7) is 12.8. The normalized spacial score (nSPS) is 16.8. The van der Waals surface area contributed by atoms with Crippen LogP contribution >= 0.6 is 11.8 Å². The van der Waals surface area contributed by atoms with Gasteiger partial charge in [0.2, 0.25) is 0 Å². The van der Waals surface area contributed by atoms with E-state index < -0.39 is 0 Å². The summed E-state index contributed by atoms with van der Waals surface area (Å²) in [7, 11) is 2.27. The maximum Gasteiger partial charge on any atom is 0.0155 e. The van der Waals surface area contributed by atoms with E-state index >= 15 is 0 Å². The molecule has 0 heterocycles. The van der Waals surface area contributed by atoms with Gasteiger partial charge in [0, 0.05) is 24.9 Å². The predicted octanol–water partition coefficient (Wildman–Crippen LogP) is 3.48. The number of rotatable bonds is 11. The number of hydrogen-bond donors (Lipinski definition) is 1. The highest BCUT2D eigenvalue weighted by Crippen LogP contribution is 2.24. The Hall–Kier alpha value is 0.270. The number of thioether (sulfide) groups is 1. The van der Waals surface area contributed by atoms with E-state index in [2.05, 4.69) is 51.2 Å². The smallest absolute Gasteiger partial charge is 0.0155 e. The minimum atomic E-state index is 0.408. The van der Waals surface area contributed by atoms with Crippen LogP contribution in [0.4, 0.5) is 0 Å². The van der Waals surface area contributed by atoms with E-state index in [1.807, 2.05) is 11.8 Å². The minimum Gasteiger partial charge on any atom is -0.316 e. The van der Waals surface area contributed by atoms with Gasteiger partial charge in [-0.1, -0.05) is 27.2 Å². The number of nitrogens with one attached hydrogen (secondary N) is 1. The Morgan fingerprint density at radius 1 is 1.28 bits per heavy atom. The highest BCUT2D eigenvalue weighted by Gasteiger charge is 2.26. The number of nitrogens with zero attached hydrogens (tertiary/aromatic N) is 1. The first-order valence-corrected chi connectivity index (χ1v) is 8.78. The van der Waals surface area contributed by atoms with Crippen molar-refractivity contribution in [3.8, 4) is 0 Å². The largest absolute Gasteiger partial charge is 0.316 e. The third kappa shape index (κ3) is 7.65. The van der Waals surface area contributed by atoms with E-state index in [1.165, 1.54) is 31.6 Å². The molecule has 2 nitrogen and oxygen atoms in total. The lowest BCUT2D eigenvalue weighted by Crippen LogP contribution is -2.44. The molecule has 1 N–H and O–H groups in total. The zero-order valence-electron chi connectivity index (χ0n) is 13.4. The highest BCUT2D eigenvalue weighted by molar-refractivity contribution is 7.98. The quantitative estimate of drug-likeness (QED) is 0.581. The Labute approximate surface area is 119 Å². The third-order valence-corrected chi connectivity index (χ3v) is 4.44. The second-order valence-electron chi connectivity index (χ2n) is 5.96. The van der Waals surface area contributed by atoms with Crippen molar-refractivity contribution >= 4 is 11.8 Å². The van der Waals surface area contributed by atoms with E-state index in [9.17, 15) is 0 Å². The van der Waals surface area contributed by atoms with Crippen LogP contribution in [0.15, 0.2) is 0 Å². The summed E-state index contributed by atoms with van der Waals surface area (Å²) >= 11 is 1.94. The van der Waals surface area contributed by atoms with Crippen molar-refractivity contribution in [1.82, 2.24) is 10.2 Å². The molecule has 0 aliphatic rings. The van der Waals surface area contributed by atoms with Gasteiger partial charge in [-0.25, -0.2) is 0 Å². The third-order valence-electron chi connectivity index (χ3n) is 3.62. The lowest BCUT2D eigenvalue weighted by molar-refractivity contribution is 0.150. The van der Waals surface area contributed by atoms with Crippen molar-refractivity contribution < 1.29 is 0 Å². The molecule has 0 aromatic heterocycles. The van der Waals surface area contributed by atoms with Gasteiger partial charge in [0.15, 0.2) is 0 Å². The molecule has 0 saturated carbocycles. The summed E-state index contributed by atoms with van der Waals surface area (Å²) in [6, 6.07) is 0.669. The summed E-state index contributed by atoms with van der Waals surface area (Å²) < 4.78 is 0. The Morgan fingerprint density at radius 2 is 1.94 bits per heavy atom. The van der Waals surface area contributed by atoms with Gasteiger partial charge < -0.3 is 10.2 Å². The summed E-state index contributed by atoms with van der Waals surface area (Å²) in [5.74, 6) is 1.22. The molecule has 0 aromatic carbocycles. The molecule has 0 aliphatic carbocycles.